The van der Waals surface area contributed by atoms with E-state index in [0.29, 0.717) is 0 Å². The fraction of sp³-hybridized carbons (Fsp3) is 0.375. The number of hydrazone groups is 1. The summed E-state index contributed by atoms with van der Waals surface area (Å²) in [4.78, 5) is 0. The summed E-state index contributed by atoms with van der Waals surface area (Å²) < 4.78 is 0. The van der Waals surface area contributed by atoms with E-state index < -0.39 is 0 Å². The van der Waals surface area contributed by atoms with Crippen molar-refractivity contribution in [3.05, 3.63) is 23.4 Å². The van der Waals surface area contributed by atoms with Crippen molar-refractivity contribution >= 4 is 5.71 Å². The Labute approximate surface area is 61.3 Å². The first kappa shape index (κ1) is 7.06. The molecule has 2 heteroatoms. The van der Waals surface area contributed by atoms with Crippen molar-refractivity contribution in [2.75, 3.05) is 0 Å². The van der Waals surface area contributed by atoms with Crippen LogP contribution in [-0.4, -0.2) is 5.71 Å². The van der Waals surface area contributed by atoms with Gasteiger partial charge in [0.2, 0.25) is 0 Å². The minimum absolute atomic E-state index is 0.906. The van der Waals surface area contributed by atoms with Crippen molar-refractivity contribution in [1.29, 1.82) is 0 Å². The van der Waals surface area contributed by atoms with Crippen LogP contribution in [0.4, 0.5) is 0 Å². The van der Waals surface area contributed by atoms with Gasteiger partial charge in [0.15, 0.2) is 0 Å². The third-order valence-corrected chi connectivity index (χ3v) is 1.92. The van der Waals surface area contributed by atoms with Crippen molar-refractivity contribution in [2.24, 2.45) is 5.10 Å². The van der Waals surface area contributed by atoms with Gasteiger partial charge in [-0.05, 0) is 31.9 Å². The molecule has 54 valence electrons. The van der Waals surface area contributed by atoms with Gasteiger partial charge in [0, 0.05) is 0 Å². The Balaban J connectivity index is 3.06. The highest BCUT2D eigenvalue weighted by atomic mass is 15.3. The fourth-order valence-corrected chi connectivity index (χ4v) is 0.817. The summed E-state index contributed by atoms with van der Waals surface area (Å²) in [7, 11) is 0. The van der Waals surface area contributed by atoms with E-state index in [1.807, 2.05) is 13.8 Å². The highest BCUT2D eigenvalue weighted by Gasteiger charge is 2.08. The predicted octanol–water partition coefficient (Wildman–Crippen LogP) is 1.82. The van der Waals surface area contributed by atoms with Gasteiger partial charge in [0.25, 0.3) is 0 Å². The Kier molecular flexibility index (Phi) is 1.62. The summed E-state index contributed by atoms with van der Waals surface area (Å²) in [6.45, 7) is 9.89. The SMILES string of the molecule is C=C1NN=C(C)C(C)=C1C. The summed E-state index contributed by atoms with van der Waals surface area (Å²) in [6, 6.07) is 0. The third-order valence-electron chi connectivity index (χ3n) is 1.92. The molecule has 0 aliphatic carbocycles. The van der Waals surface area contributed by atoms with Crippen LogP contribution < -0.4 is 5.43 Å². The predicted molar refractivity (Wildman–Crippen MR) is 43.8 cm³/mol. The van der Waals surface area contributed by atoms with Gasteiger partial charge in [-0.1, -0.05) is 6.58 Å². The Bertz CT molecular complexity index is 230. The summed E-state index contributed by atoms with van der Waals surface area (Å²) in [5.74, 6) is 0. The zero-order valence-corrected chi connectivity index (χ0v) is 6.65. The zero-order chi connectivity index (χ0) is 7.72. The molecule has 0 radical (unpaired) electrons. The Hall–Kier alpha value is -1.05. The lowest BCUT2D eigenvalue weighted by Crippen LogP contribution is -2.16. The molecular weight excluding hydrogens is 124 g/mol. The van der Waals surface area contributed by atoms with Gasteiger partial charge in [-0.3, -0.25) is 5.43 Å². The van der Waals surface area contributed by atoms with Crippen molar-refractivity contribution in [3.8, 4) is 0 Å². The normalized spacial score (nSPS) is 18.7. The molecule has 1 aliphatic heterocycles. The number of hydrogen-bond acceptors (Lipinski definition) is 2. The highest BCUT2D eigenvalue weighted by Crippen LogP contribution is 2.15. The van der Waals surface area contributed by atoms with Gasteiger partial charge in [-0.25, -0.2) is 0 Å². The smallest absolute Gasteiger partial charge is 0.0608 e. The Morgan fingerprint density at radius 2 is 1.80 bits per heavy atom. The molecule has 1 aliphatic rings. The molecule has 1 rings (SSSR count). The lowest BCUT2D eigenvalue weighted by molar-refractivity contribution is 0.878. The van der Waals surface area contributed by atoms with E-state index in [9.17, 15) is 0 Å². The first-order chi connectivity index (χ1) is 4.63. The topological polar surface area (TPSA) is 24.4 Å². The molecule has 0 saturated heterocycles. The quantitative estimate of drug-likeness (QED) is 0.539. The molecule has 0 atom stereocenters. The van der Waals surface area contributed by atoms with Gasteiger partial charge in [-0.2, -0.15) is 5.10 Å². The minimum atomic E-state index is 0.906. The van der Waals surface area contributed by atoms with Crippen molar-refractivity contribution in [1.82, 2.24) is 5.43 Å². The summed E-state index contributed by atoms with van der Waals surface area (Å²) >= 11 is 0. The van der Waals surface area contributed by atoms with Crippen molar-refractivity contribution in [2.45, 2.75) is 20.8 Å². The molecule has 10 heavy (non-hydrogen) atoms. The molecule has 0 saturated carbocycles. The number of nitrogens with one attached hydrogen (secondary N) is 1. The van der Waals surface area contributed by atoms with Crippen LogP contribution in [0.25, 0.3) is 0 Å². The molecule has 0 bridgehead atoms. The molecule has 0 spiro atoms. The van der Waals surface area contributed by atoms with E-state index >= 15 is 0 Å². The van der Waals surface area contributed by atoms with E-state index in [1.165, 1.54) is 11.1 Å². The van der Waals surface area contributed by atoms with Crippen molar-refractivity contribution < 1.29 is 0 Å². The summed E-state index contributed by atoms with van der Waals surface area (Å²) in [5, 5.41) is 4.05. The lowest BCUT2D eigenvalue weighted by Gasteiger charge is -2.15. The summed E-state index contributed by atoms with van der Waals surface area (Å²) in [5.41, 5.74) is 7.23. The fourth-order valence-electron chi connectivity index (χ4n) is 0.817. The molecule has 1 heterocycles. The molecule has 1 N–H and O–H groups in total. The second-order valence-electron chi connectivity index (χ2n) is 2.54. The van der Waals surface area contributed by atoms with Crippen LogP contribution in [0.15, 0.2) is 28.5 Å². The maximum Gasteiger partial charge on any atom is 0.0608 e. The average Bonchev–Trinajstić information content (AvgIpc) is 1.93. The maximum absolute atomic E-state index is 4.05. The monoisotopic (exact) mass is 136 g/mol. The molecule has 0 fully saturated rings. The van der Waals surface area contributed by atoms with E-state index in [-0.39, 0.29) is 0 Å². The van der Waals surface area contributed by atoms with E-state index in [0.717, 1.165) is 11.4 Å². The number of rotatable bonds is 0. The van der Waals surface area contributed by atoms with Crippen LogP contribution in [0, 0.1) is 0 Å². The van der Waals surface area contributed by atoms with Gasteiger partial charge >= 0.3 is 0 Å². The summed E-state index contributed by atoms with van der Waals surface area (Å²) in [6.07, 6.45) is 0. The van der Waals surface area contributed by atoms with Gasteiger partial charge in [-0.15, -0.1) is 0 Å². The molecular formula is C8H12N2. The van der Waals surface area contributed by atoms with Crippen molar-refractivity contribution in [3.63, 3.8) is 0 Å². The van der Waals surface area contributed by atoms with Crippen LogP contribution in [0.5, 0.6) is 0 Å². The van der Waals surface area contributed by atoms with Gasteiger partial charge in [0.1, 0.15) is 0 Å². The number of nitrogens with zero attached hydrogens (tertiary/aromatic N) is 1. The number of hydrogen-bond donors (Lipinski definition) is 1. The van der Waals surface area contributed by atoms with Crippen LogP contribution in [0.3, 0.4) is 0 Å². The number of allylic oxidation sites excluding steroid dienone is 2. The van der Waals surface area contributed by atoms with Crippen LogP contribution in [0.1, 0.15) is 20.8 Å². The average molecular weight is 136 g/mol. The van der Waals surface area contributed by atoms with Gasteiger partial charge in [0.05, 0.1) is 11.4 Å². The molecule has 0 aromatic rings. The van der Waals surface area contributed by atoms with E-state index in [1.54, 1.807) is 0 Å². The van der Waals surface area contributed by atoms with Crippen LogP contribution in [0.2, 0.25) is 0 Å². The Morgan fingerprint density at radius 3 is 2.30 bits per heavy atom. The largest absolute Gasteiger partial charge is 0.279 e. The van der Waals surface area contributed by atoms with Gasteiger partial charge < -0.3 is 0 Å². The maximum atomic E-state index is 4.05. The minimum Gasteiger partial charge on any atom is -0.279 e. The third kappa shape index (κ3) is 0.967. The second-order valence-corrected chi connectivity index (χ2v) is 2.54. The van der Waals surface area contributed by atoms with E-state index in [4.69, 9.17) is 0 Å². The second kappa shape index (κ2) is 2.29. The molecule has 0 aromatic heterocycles. The first-order valence-electron chi connectivity index (χ1n) is 3.30. The molecule has 0 aromatic carbocycles. The molecule has 2 nitrogen and oxygen atoms in total. The molecule has 0 amide bonds. The zero-order valence-electron chi connectivity index (χ0n) is 6.65. The van der Waals surface area contributed by atoms with Crippen LogP contribution in [-0.2, 0) is 0 Å². The highest BCUT2D eigenvalue weighted by molar-refractivity contribution is 5.99. The van der Waals surface area contributed by atoms with Crippen LogP contribution >= 0.6 is 0 Å². The lowest BCUT2D eigenvalue weighted by atomic mass is 10.0. The first-order valence-corrected chi connectivity index (χ1v) is 3.30. The van der Waals surface area contributed by atoms with E-state index in [2.05, 4.69) is 24.0 Å². The standard InChI is InChI=1S/C8H12N2/c1-5-6(2)8(4)10-9-7(5)3/h9H,3H2,1-2,4H3. The molecule has 0 unspecified atom stereocenters. The Morgan fingerprint density at radius 1 is 1.20 bits per heavy atom.